The highest BCUT2D eigenvalue weighted by atomic mass is 35.5. The van der Waals surface area contributed by atoms with E-state index < -0.39 is 6.04 Å². The number of aryl methyl sites for hydroxylation is 1. The van der Waals surface area contributed by atoms with Gasteiger partial charge in [-0.25, -0.2) is 4.39 Å². The fourth-order valence-electron chi connectivity index (χ4n) is 2.71. The molecule has 0 bridgehead atoms. The molecule has 2 amide bonds. The van der Waals surface area contributed by atoms with Crippen molar-refractivity contribution in [2.45, 2.75) is 32.7 Å². The quantitative estimate of drug-likeness (QED) is 0.895. The third-order valence-corrected chi connectivity index (χ3v) is 4.21. The molecule has 1 aliphatic rings. The Morgan fingerprint density at radius 2 is 1.79 bits per heavy atom. The molecule has 1 fully saturated rings. The maximum absolute atomic E-state index is 13.6. The van der Waals surface area contributed by atoms with E-state index in [-0.39, 0.29) is 30.0 Å². The largest absolute Gasteiger partial charge is 0.338 e. The molecule has 1 saturated heterocycles. The van der Waals surface area contributed by atoms with Gasteiger partial charge in [-0.2, -0.15) is 0 Å². The second kappa shape index (κ2) is 8.99. The number of benzene rings is 1. The van der Waals surface area contributed by atoms with E-state index in [1.807, 2.05) is 6.92 Å². The number of halogens is 2. The molecule has 1 unspecified atom stereocenters. The second-order valence-corrected chi connectivity index (χ2v) is 5.98. The Balaban J connectivity index is 0.00000288. The van der Waals surface area contributed by atoms with Crippen molar-refractivity contribution in [3.05, 3.63) is 35.1 Å². The van der Waals surface area contributed by atoms with E-state index in [9.17, 15) is 14.0 Å². The standard InChI is InChI=1S/C17H24FN3O2.ClH/c1-3-4-15(19)17(23)21-9-7-20(8-10-21)16(22)13-6-5-12(2)14(18)11-13;/h5-6,11,15H,3-4,7-10,19H2,1-2H3;1H. The van der Waals surface area contributed by atoms with Gasteiger partial charge in [0, 0.05) is 31.7 Å². The van der Waals surface area contributed by atoms with Crippen molar-refractivity contribution in [2.24, 2.45) is 5.73 Å². The number of rotatable bonds is 4. The lowest BCUT2D eigenvalue weighted by Gasteiger charge is -2.36. The van der Waals surface area contributed by atoms with Gasteiger partial charge in [-0.15, -0.1) is 12.4 Å². The summed E-state index contributed by atoms with van der Waals surface area (Å²) in [6.07, 6.45) is 1.53. The molecule has 1 atom stereocenters. The van der Waals surface area contributed by atoms with Crippen LogP contribution < -0.4 is 5.73 Å². The zero-order chi connectivity index (χ0) is 17.0. The highest BCUT2D eigenvalue weighted by Gasteiger charge is 2.27. The summed E-state index contributed by atoms with van der Waals surface area (Å²) >= 11 is 0. The van der Waals surface area contributed by atoms with Gasteiger partial charge in [0.1, 0.15) is 5.82 Å². The maximum Gasteiger partial charge on any atom is 0.254 e. The SMILES string of the molecule is CCCC(N)C(=O)N1CCN(C(=O)c2ccc(C)c(F)c2)CC1.Cl. The van der Waals surface area contributed by atoms with Crippen LogP contribution in [0.25, 0.3) is 0 Å². The van der Waals surface area contributed by atoms with Crippen LogP contribution in [0.15, 0.2) is 18.2 Å². The van der Waals surface area contributed by atoms with Crippen molar-refractivity contribution in [3.8, 4) is 0 Å². The first kappa shape index (κ1) is 20.4. The molecule has 2 rings (SSSR count). The molecule has 24 heavy (non-hydrogen) atoms. The molecule has 7 heteroatoms. The fraction of sp³-hybridized carbons (Fsp3) is 0.529. The summed E-state index contributed by atoms with van der Waals surface area (Å²) in [5.41, 5.74) is 6.72. The van der Waals surface area contributed by atoms with E-state index in [2.05, 4.69) is 0 Å². The normalized spacial score (nSPS) is 15.7. The van der Waals surface area contributed by atoms with E-state index >= 15 is 0 Å². The highest BCUT2D eigenvalue weighted by Crippen LogP contribution is 2.14. The molecule has 1 aromatic rings. The van der Waals surface area contributed by atoms with Crippen molar-refractivity contribution < 1.29 is 14.0 Å². The molecule has 134 valence electrons. The second-order valence-electron chi connectivity index (χ2n) is 5.98. The topological polar surface area (TPSA) is 66.6 Å². The van der Waals surface area contributed by atoms with Crippen molar-refractivity contribution in [3.63, 3.8) is 0 Å². The minimum absolute atomic E-state index is 0. The smallest absolute Gasteiger partial charge is 0.254 e. The Labute approximate surface area is 148 Å². The molecule has 1 aromatic carbocycles. The number of nitrogens with zero attached hydrogens (tertiary/aromatic N) is 2. The van der Waals surface area contributed by atoms with E-state index in [0.29, 0.717) is 43.7 Å². The Bertz CT molecular complexity index is 589. The van der Waals surface area contributed by atoms with E-state index in [0.717, 1.165) is 6.42 Å². The first-order valence-electron chi connectivity index (χ1n) is 8.03. The van der Waals surface area contributed by atoms with Crippen LogP contribution in [-0.2, 0) is 4.79 Å². The number of hydrogen-bond acceptors (Lipinski definition) is 3. The number of piperazine rings is 1. The average molecular weight is 358 g/mol. The van der Waals surface area contributed by atoms with Crippen LogP contribution in [0.3, 0.4) is 0 Å². The first-order valence-corrected chi connectivity index (χ1v) is 8.03. The summed E-state index contributed by atoms with van der Waals surface area (Å²) in [6, 6.07) is 4.04. The summed E-state index contributed by atoms with van der Waals surface area (Å²) in [5, 5.41) is 0. The number of carbonyl (C=O) groups is 2. The van der Waals surface area contributed by atoms with Crippen molar-refractivity contribution in [1.29, 1.82) is 0 Å². The molecule has 0 spiro atoms. The number of carbonyl (C=O) groups excluding carboxylic acids is 2. The van der Waals surface area contributed by atoms with Crippen LogP contribution in [0.4, 0.5) is 4.39 Å². The third kappa shape index (κ3) is 4.68. The zero-order valence-electron chi connectivity index (χ0n) is 14.1. The van der Waals surface area contributed by atoms with Gasteiger partial charge in [0.15, 0.2) is 0 Å². The summed E-state index contributed by atoms with van der Waals surface area (Å²) in [6.45, 7) is 5.47. The molecule has 0 radical (unpaired) electrons. The van der Waals surface area contributed by atoms with Crippen LogP contribution in [0.2, 0.25) is 0 Å². The Morgan fingerprint density at radius 3 is 2.33 bits per heavy atom. The van der Waals surface area contributed by atoms with Crippen LogP contribution in [-0.4, -0.2) is 53.8 Å². The zero-order valence-corrected chi connectivity index (χ0v) is 14.9. The van der Waals surface area contributed by atoms with Gasteiger partial charge >= 0.3 is 0 Å². The molecule has 0 aliphatic carbocycles. The van der Waals surface area contributed by atoms with Crippen LogP contribution in [0.5, 0.6) is 0 Å². The Kier molecular flexibility index (Phi) is 7.63. The Hall–Kier alpha value is -1.66. The molecule has 0 aromatic heterocycles. The van der Waals surface area contributed by atoms with Crippen LogP contribution >= 0.6 is 12.4 Å². The third-order valence-electron chi connectivity index (χ3n) is 4.21. The lowest BCUT2D eigenvalue weighted by Crippen LogP contribution is -2.54. The Morgan fingerprint density at radius 1 is 1.21 bits per heavy atom. The van der Waals surface area contributed by atoms with Gasteiger partial charge in [-0.05, 0) is 31.0 Å². The number of nitrogens with two attached hydrogens (primary N) is 1. The molecule has 0 saturated carbocycles. The summed E-state index contributed by atoms with van der Waals surface area (Å²) in [5.74, 6) is -0.635. The van der Waals surface area contributed by atoms with Gasteiger partial charge < -0.3 is 15.5 Å². The van der Waals surface area contributed by atoms with E-state index in [1.54, 1.807) is 28.9 Å². The van der Waals surface area contributed by atoms with Gasteiger partial charge in [-0.1, -0.05) is 19.4 Å². The summed E-state index contributed by atoms with van der Waals surface area (Å²) in [4.78, 5) is 27.9. The summed E-state index contributed by atoms with van der Waals surface area (Å²) < 4.78 is 13.6. The predicted octanol–water partition coefficient (Wildman–Crippen LogP) is 1.97. The lowest BCUT2D eigenvalue weighted by molar-refractivity contribution is -0.134. The number of amides is 2. The van der Waals surface area contributed by atoms with Crippen LogP contribution in [0.1, 0.15) is 35.7 Å². The van der Waals surface area contributed by atoms with Crippen molar-refractivity contribution >= 4 is 24.2 Å². The summed E-state index contributed by atoms with van der Waals surface area (Å²) in [7, 11) is 0. The van der Waals surface area contributed by atoms with E-state index in [1.165, 1.54) is 6.07 Å². The fourth-order valence-corrected chi connectivity index (χ4v) is 2.71. The van der Waals surface area contributed by atoms with Crippen molar-refractivity contribution in [2.75, 3.05) is 26.2 Å². The molecule has 1 heterocycles. The molecular weight excluding hydrogens is 333 g/mol. The van der Waals surface area contributed by atoms with Crippen LogP contribution in [0, 0.1) is 12.7 Å². The minimum Gasteiger partial charge on any atom is -0.338 e. The minimum atomic E-state index is -0.464. The molecule has 2 N–H and O–H groups in total. The number of hydrogen-bond donors (Lipinski definition) is 1. The highest BCUT2D eigenvalue weighted by molar-refractivity contribution is 5.94. The molecular formula is C17H25ClFN3O2. The van der Waals surface area contributed by atoms with Gasteiger partial charge in [0.05, 0.1) is 6.04 Å². The maximum atomic E-state index is 13.6. The molecule has 5 nitrogen and oxygen atoms in total. The first-order chi connectivity index (χ1) is 10.9. The lowest BCUT2D eigenvalue weighted by atomic mass is 10.1. The molecule has 1 aliphatic heterocycles. The monoisotopic (exact) mass is 357 g/mol. The van der Waals surface area contributed by atoms with Gasteiger partial charge in [-0.3, -0.25) is 9.59 Å². The predicted molar refractivity (Wildman–Crippen MR) is 93.8 cm³/mol. The van der Waals surface area contributed by atoms with Crippen molar-refractivity contribution in [1.82, 2.24) is 9.80 Å². The van der Waals surface area contributed by atoms with Gasteiger partial charge in [0.25, 0.3) is 5.91 Å². The van der Waals surface area contributed by atoms with E-state index in [4.69, 9.17) is 5.73 Å². The average Bonchev–Trinajstić information content (AvgIpc) is 2.56. The van der Waals surface area contributed by atoms with Gasteiger partial charge in [0.2, 0.25) is 5.91 Å².